The Bertz CT molecular complexity index is 136. The van der Waals surface area contributed by atoms with Crippen LogP contribution >= 0.6 is 0 Å². The fraction of sp³-hybridized carbons (Fsp3) is 0.889. The summed E-state index contributed by atoms with van der Waals surface area (Å²) in [6.45, 7) is 3.48. The predicted molar refractivity (Wildman–Crippen MR) is 43.2 cm³/mol. The topological polar surface area (TPSA) is 26.3 Å². The molecule has 0 heterocycles. The first-order valence-corrected chi connectivity index (χ1v) is 4.37. The summed E-state index contributed by atoms with van der Waals surface area (Å²) < 4.78 is 5.10. The number of carbonyl (C=O) groups is 1. The fourth-order valence-corrected chi connectivity index (χ4v) is 1.78. The van der Waals surface area contributed by atoms with Crippen molar-refractivity contribution in [3.63, 3.8) is 0 Å². The number of hydrogen-bond donors (Lipinski definition) is 0. The zero-order chi connectivity index (χ0) is 8.27. The molecule has 1 saturated carbocycles. The maximum Gasteiger partial charge on any atom is 0.302 e. The molecule has 0 amide bonds. The average Bonchev–Trinajstić information content (AvgIpc) is 2.35. The van der Waals surface area contributed by atoms with Crippen LogP contribution in [0, 0.1) is 5.92 Å². The van der Waals surface area contributed by atoms with Gasteiger partial charge in [-0.3, -0.25) is 4.79 Å². The first kappa shape index (κ1) is 8.57. The Balaban J connectivity index is 2.28. The van der Waals surface area contributed by atoms with E-state index in [0.29, 0.717) is 5.92 Å². The third-order valence-electron chi connectivity index (χ3n) is 2.42. The van der Waals surface area contributed by atoms with Crippen LogP contribution in [0.1, 0.15) is 39.5 Å². The van der Waals surface area contributed by atoms with Crippen molar-refractivity contribution in [2.45, 2.75) is 45.6 Å². The molecule has 1 atom stereocenters. The zero-order valence-electron chi connectivity index (χ0n) is 7.30. The normalized spacial score (nSPS) is 21.6. The van der Waals surface area contributed by atoms with Gasteiger partial charge in [-0.2, -0.15) is 0 Å². The Morgan fingerprint density at radius 2 is 2.00 bits per heavy atom. The van der Waals surface area contributed by atoms with Gasteiger partial charge in [0.05, 0.1) is 0 Å². The lowest BCUT2D eigenvalue weighted by molar-refractivity contribution is -0.147. The van der Waals surface area contributed by atoms with E-state index in [2.05, 4.69) is 0 Å². The lowest BCUT2D eigenvalue weighted by Gasteiger charge is -2.17. The first-order chi connectivity index (χ1) is 5.20. The largest absolute Gasteiger partial charge is 0.463 e. The van der Waals surface area contributed by atoms with Gasteiger partial charge in [0, 0.05) is 6.92 Å². The predicted octanol–water partition coefficient (Wildman–Crippen LogP) is 2.13. The number of carbonyl (C=O) groups excluding carboxylic acids is 1. The molecule has 11 heavy (non-hydrogen) atoms. The molecule has 1 aliphatic rings. The van der Waals surface area contributed by atoms with E-state index in [1.54, 1.807) is 0 Å². The highest BCUT2D eigenvalue weighted by molar-refractivity contribution is 5.66. The lowest BCUT2D eigenvalue weighted by atomic mass is 10.0. The molecular weight excluding hydrogens is 140 g/mol. The molecule has 2 nitrogen and oxygen atoms in total. The first-order valence-electron chi connectivity index (χ1n) is 4.37. The van der Waals surface area contributed by atoms with Crippen molar-refractivity contribution in [1.29, 1.82) is 0 Å². The molecule has 64 valence electrons. The standard InChI is InChI=1S/C9H16O2/c1-7(11-8(2)10)9-5-3-4-6-9/h7,9H,3-6H2,1-2H3/t7-/m1/s1. The molecule has 1 aliphatic carbocycles. The Labute approximate surface area is 67.9 Å². The van der Waals surface area contributed by atoms with Crippen molar-refractivity contribution in [1.82, 2.24) is 0 Å². The maximum absolute atomic E-state index is 10.6. The second-order valence-corrected chi connectivity index (χ2v) is 3.36. The van der Waals surface area contributed by atoms with Gasteiger partial charge in [0.2, 0.25) is 0 Å². The van der Waals surface area contributed by atoms with Crippen molar-refractivity contribution < 1.29 is 9.53 Å². The Hall–Kier alpha value is -0.530. The van der Waals surface area contributed by atoms with Crippen LogP contribution in [-0.4, -0.2) is 12.1 Å². The molecule has 0 spiro atoms. The van der Waals surface area contributed by atoms with Crippen LogP contribution in [0.4, 0.5) is 0 Å². The second kappa shape index (κ2) is 3.74. The molecule has 0 unspecified atom stereocenters. The molecule has 0 bridgehead atoms. The summed E-state index contributed by atoms with van der Waals surface area (Å²) >= 11 is 0. The van der Waals surface area contributed by atoms with E-state index in [4.69, 9.17) is 4.74 Å². The van der Waals surface area contributed by atoms with Crippen LogP contribution in [-0.2, 0) is 9.53 Å². The molecule has 0 aromatic heterocycles. The van der Waals surface area contributed by atoms with E-state index < -0.39 is 0 Å². The minimum atomic E-state index is -0.149. The molecule has 2 heteroatoms. The van der Waals surface area contributed by atoms with Crippen LogP contribution < -0.4 is 0 Å². The van der Waals surface area contributed by atoms with Crippen LogP contribution in [0.25, 0.3) is 0 Å². The van der Waals surface area contributed by atoms with Gasteiger partial charge in [0.1, 0.15) is 6.10 Å². The summed E-state index contributed by atoms with van der Waals surface area (Å²) in [6.07, 6.45) is 5.20. The van der Waals surface area contributed by atoms with Crippen molar-refractivity contribution in [3.05, 3.63) is 0 Å². The summed E-state index contributed by atoms with van der Waals surface area (Å²) in [5.41, 5.74) is 0. The number of hydrogen-bond acceptors (Lipinski definition) is 2. The average molecular weight is 156 g/mol. The van der Waals surface area contributed by atoms with Gasteiger partial charge in [0.15, 0.2) is 0 Å². The summed E-state index contributed by atoms with van der Waals surface area (Å²) in [6, 6.07) is 0. The lowest BCUT2D eigenvalue weighted by Crippen LogP contribution is -2.20. The quantitative estimate of drug-likeness (QED) is 0.572. The van der Waals surface area contributed by atoms with Crippen molar-refractivity contribution >= 4 is 5.97 Å². The van der Waals surface area contributed by atoms with Gasteiger partial charge in [-0.15, -0.1) is 0 Å². The molecular formula is C9H16O2. The van der Waals surface area contributed by atoms with Gasteiger partial charge < -0.3 is 4.74 Å². The SMILES string of the molecule is CC(=O)O[C@H](C)C1CCCC1. The van der Waals surface area contributed by atoms with E-state index in [1.165, 1.54) is 32.6 Å². The highest BCUT2D eigenvalue weighted by Crippen LogP contribution is 2.28. The third-order valence-corrected chi connectivity index (χ3v) is 2.42. The fourth-order valence-electron chi connectivity index (χ4n) is 1.78. The van der Waals surface area contributed by atoms with Gasteiger partial charge in [-0.05, 0) is 25.7 Å². The van der Waals surface area contributed by atoms with Crippen LogP contribution in [0.3, 0.4) is 0 Å². The minimum Gasteiger partial charge on any atom is -0.463 e. The van der Waals surface area contributed by atoms with Gasteiger partial charge in [-0.25, -0.2) is 0 Å². The van der Waals surface area contributed by atoms with Crippen LogP contribution in [0.15, 0.2) is 0 Å². The molecule has 0 N–H and O–H groups in total. The zero-order valence-corrected chi connectivity index (χ0v) is 7.30. The minimum absolute atomic E-state index is 0.134. The molecule has 0 aromatic carbocycles. The summed E-state index contributed by atoms with van der Waals surface area (Å²) in [4.78, 5) is 10.6. The molecule has 0 aromatic rings. The Morgan fingerprint density at radius 3 is 2.45 bits per heavy atom. The van der Waals surface area contributed by atoms with Crippen molar-refractivity contribution in [3.8, 4) is 0 Å². The number of ether oxygens (including phenoxy) is 1. The van der Waals surface area contributed by atoms with E-state index in [9.17, 15) is 4.79 Å². The van der Waals surface area contributed by atoms with Crippen LogP contribution in [0.5, 0.6) is 0 Å². The Morgan fingerprint density at radius 1 is 1.45 bits per heavy atom. The van der Waals surface area contributed by atoms with E-state index in [-0.39, 0.29) is 12.1 Å². The number of esters is 1. The number of rotatable bonds is 2. The summed E-state index contributed by atoms with van der Waals surface area (Å²) in [5.74, 6) is 0.475. The monoisotopic (exact) mass is 156 g/mol. The van der Waals surface area contributed by atoms with Gasteiger partial charge >= 0.3 is 5.97 Å². The molecule has 1 fully saturated rings. The third kappa shape index (κ3) is 2.52. The molecule has 0 aliphatic heterocycles. The van der Waals surface area contributed by atoms with E-state index in [0.717, 1.165) is 0 Å². The van der Waals surface area contributed by atoms with Gasteiger partial charge in [0.25, 0.3) is 0 Å². The smallest absolute Gasteiger partial charge is 0.302 e. The van der Waals surface area contributed by atoms with Gasteiger partial charge in [-0.1, -0.05) is 12.8 Å². The van der Waals surface area contributed by atoms with Crippen LogP contribution in [0.2, 0.25) is 0 Å². The van der Waals surface area contributed by atoms with Crippen molar-refractivity contribution in [2.24, 2.45) is 5.92 Å². The summed E-state index contributed by atoms with van der Waals surface area (Å²) in [7, 11) is 0. The van der Waals surface area contributed by atoms with E-state index >= 15 is 0 Å². The summed E-state index contributed by atoms with van der Waals surface area (Å²) in [5, 5.41) is 0. The van der Waals surface area contributed by atoms with Crippen molar-refractivity contribution in [2.75, 3.05) is 0 Å². The Kier molecular flexibility index (Phi) is 2.92. The molecule has 1 rings (SSSR count). The van der Waals surface area contributed by atoms with E-state index in [1.807, 2.05) is 6.92 Å². The second-order valence-electron chi connectivity index (χ2n) is 3.36. The maximum atomic E-state index is 10.6. The highest BCUT2D eigenvalue weighted by atomic mass is 16.5. The highest BCUT2D eigenvalue weighted by Gasteiger charge is 2.23. The molecule has 0 saturated heterocycles. The molecule has 0 radical (unpaired) electrons.